The lowest BCUT2D eigenvalue weighted by Crippen LogP contribution is -2.01. The standard InChI is InChI=1S/C63H41N5/c1-3-17-43(18-4-1)51-38-37-48(41-60(51)68-58-31-13-9-27-54(58)55-28-10-14-32-59(55)68)47-22-15-21-46(39-47)42-33-35-45(36-34-42)62-64-61(44-19-5-2-6-20-44)65-63(66-62)49-23-16-24-50(40-49)67-56-29-11-7-25-52(56)53-26-8-12-30-57(53)67/h1-41H. The van der Waals surface area contributed by atoms with Crippen molar-refractivity contribution in [2.75, 3.05) is 0 Å². The molecule has 3 heterocycles. The third-order valence-electron chi connectivity index (χ3n) is 13.2. The van der Waals surface area contributed by atoms with Crippen molar-refractivity contribution in [3.8, 4) is 78.9 Å². The fourth-order valence-electron chi connectivity index (χ4n) is 9.97. The Labute approximate surface area is 393 Å². The molecule has 0 radical (unpaired) electrons. The molecule has 318 valence electrons. The van der Waals surface area contributed by atoms with Crippen molar-refractivity contribution in [2.24, 2.45) is 0 Å². The van der Waals surface area contributed by atoms with Crippen LogP contribution in [0.25, 0.3) is 123 Å². The molecule has 0 unspecified atom stereocenters. The first kappa shape index (κ1) is 39.2. The Hall–Kier alpha value is -9.19. The van der Waals surface area contributed by atoms with E-state index in [9.17, 15) is 0 Å². The molecule has 68 heavy (non-hydrogen) atoms. The van der Waals surface area contributed by atoms with Gasteiger partial charge in [-0.25, -0.2) is 15.0 Å². The van der Waals surface area contributed by atoms with E-state index >= 15 is 0 Å². The second-order valence-electron chi connectivity index (χ2n) is 17.2. The number of hydrogen-bond donors (Lipinski definition) is 0. The summed E-state index contributed by atoms with van der Waals surface area (Å²) in [4.78, 5) is 15.3. The Morgan fingerprint density at radius 3 is 1.19 bits per heavy atom. The van der Waals surface area contributed by atoms with Gasteiger partial charge >= 0.3 is 0 Å². The molecule has 10 aromatic carbocycles. The maximum Gasteiger partial charge on any atom is 0.164 e. The van der Waals surface area contributed by atoms with Gasteiger partial charge in [0.15, 0.2) is 17.5 Å². The first-order valence-corrected chi connectivity index (χ1v) is 23.0. The molecule has 5 nitrogen and oxygen atoms in total. The smallest absolute Gasteiger partial charge is 0.164 e. The zero-order valence-electron chi connectivity index (χ0n) is 36.9. The van der Waals surface area contributed by atoms with Gasteiger partial charge in [-0.2, -0.15) is 0 Å². The van der Waals surface area contributed by atoms with E-state index < -0.39 is 0 Å². The predicted molar refractivity (Wildman–Crippen MR) is 281 cm³/mol. The Kier molecular flexibility index (Phi) is 9.43. The first-order chi connectivity index (χ1) is 33.7. The maximum atomic E-state index is 5.17. The maximum absolute atomic E-state index is 5.17. The summed E-state index contributed by atoms with van der Waals surface area (Å²) in [5.41, 5.74) is 16.5. The van der Waals surface area contributed by atoms with E-state index in [4.69, 9.17) is 15.0 Å². The number of fused-ring (bicyclic) bond motifs is 6. The van der Waals surface area contributed by atoms with E-state index in [-0.39, 0.29) is 0 Å². The highest BCUT2D eigenvalue weighted by Crippen LogP contribution is 2.39. The second-order valence-corrected chi connectivity index (χ2v) is 17.2. The van der Waals surface area contributed by atoms with E-state index in [1.165, 1.54) is 43.7 Å². The lowest BCUT2D eigenvalue weighted by atomic mass is 9.95. The van der Waals surface area contributed by atoms with Gasteiger partial charge in [-0.3, -0.25) is 0 Å². The van der Waals surface area contributed by atoms with Gasteiger partial charge in [-0.05, 0) is 76.3 Å². The highest BCUT2D eigenvalue weighted by Gasteiger charge is 2.19. The van der Waals surface area contributed by atoms with E-state index in [0.717, 1.165) is 61.4 Å². The molecule has 13 rings (SSSR count). The molecule has 0 amide bonds. The van der Waals surface area contributed by atoms with Gasteiger partial charge < -0.3 is 9.13 Å². The number of benzene rings is 10. The number of rotatable bonds is 8. The van der Waals surface area contributed by atoms with E-state index in [1.54, 1.807) is 0 Å². The normalized spacial score (nSPS) is 11.5. The van der Waals surface area contributed by atoms with Crippen LogP contribution in [0.2, 0.25) is 0 Å². The van der Waals surface area contributed by atoms with Crippen LogP contribution in [0.4, 0.5) is 0 Å². The molecule has 0 spiro atoms. The van der Waals surface area contributed by atoms with Crippen molar-refractivity contribution >= 4 is 43.6 Å². The molecule has 3 aromatic heterocycles. The summed E-state index contributed by atoms with van der Waals surface area (Å²) in [6.07, 6.45) is 0. The molecule has 0 atom stereocenters. The molecule has 0 aliphatic carbocycles. The largest absolute Gasteiger partial charge is 0.309 e. The Bertz CT molecular complexity index is 3910. The minimum absolute atomic E-state index is 0.617. The molecule has 5 heteroatoms. The van der Waals surface area contributed by atoms with Crippen molar-refractivity contribution in [3.63, 3.8) is 0 Å². The topological polar surface area (TPSA) is 48.5 Å². The third kappa shape index (κ3) is 6.76. The van der Waals surface area contributed by atoms with Crippen LogP contribution >= 0.6 is 0 Å². The molecule has 0 saturated carbocycles. The lowest BCUT2D eigenvalue weighted by Gasteiger charge is -2.16. The second kappa shape index (κ2) is 16.4. The van der Waals surface area contributed by atoms with Crippen LogP contribution in [0.3, 0.4) is 0 Å². The molecule has 0 N–H and O–H groups in total. The zero-order valence-corrected chi connectivity index (χ0v) is 36.9. The first-order valence-electron chi connectivity index (χ1n) is 23.0. The molecule has 0 bridgehead atoms. The van der Waals surface area contributed by atoms with Gasteiger partial charge in [-0.1, -0.05) is 200 Å². The van der Waals surface area contributed by atoms with Crippen LogP contribution in [0.15, 0.2) is 249 Å². The SMILES string of the molecule is c1ccc(-c2nc(-c3ccc(-c4cccc(-c5ccc(-c6ccccc6)c(-n6c7ccccc7c7ccccc76)c5)c4)cc3)nc(-c3cccc(-n4c5ccccc5c5ccccc54)c3)n2)cc1. The average Bonchev–Trinajstić information content (AvgIpc) is 3.94. The summed E-state index contributed by atoms with van der Waals surface area (Å²) >= 11 is 0. The highest BCUT2D eigenvalue weighted by molar-refractivity contribution is 6.10. The van der Waals surface area contributed by atoms with Crippen molar-refractivity contribution in [2.45, 2.75) is 0 Å². The lowest BCUT2D eigenvalue weighted by molar-refractivity contribution is 1.07. The van der Waals surface area contributed by atoms with E-state index in [1.807, 2.05) is 18.2 Å². The summed E-state index contributed by atoms with van der Waals surface area (Å²) < 4.78 is 4.75. The van der Waals surface area contributed by atoms with E-state index in [2.05, 4.69) is 240 Å². The van der Waals surface area contributed by atoms with E-state index in [0.29, 0.717) is 17.5 Å². The van der Waals surface area contributed by atoms with Gasteiger partial charge in [-0.15, -0.1) is 0 Å². The quantitative estimate of drug-likeness (QED) is 0.153. The molecule has 0 aliphatic heterocycles. The van der Waals surface area contributed by atoms with Gasteiger partial charge in [0.1, 0.15) is 0 Å². The summed E-state index contributed by atoms with van der Waals surface area (Å²) in [6, 6.07) is 88.3. The van der Waals surface area contributed by atoms with Gasteiger partial charge in [0.2, 0.25) is 0 Å². The van der Waals surface area contributed by atoms with Crippen molar-refractivity contribution in [3.05, 3.63) is 249 Å². The Balaban J connectivity index is 0.878. The highest BCUT2D eigenvalue weighted by atomic mass is 15.0. The zero-order chi connectivity index (χ0) is 45.0. The third-order valence-corrected chi connectivity index (χ3v) is 13.2. The van der Waals surface area contributed by atoms with Gasteiger partial charge in [0, 0.05) is 49.5 Å². The van der Waals surface area contributed by atoms with Crippen molar-refractivity contribution < 1.29 is 0 Å². The number of aromatic nitrogens is 5. The minimum Gasteiger partial charge on any atom is -0.309 e. The molecule has 0 fully saturated rings. The average molecular weight is 868 g/mol. The van der Waals surface area contributed by atoms with Gasteiger partial charge in [0.25, 0.3) is 0 Å². The fourth-order valence-corrected chi connectivity index (χ4v) is 9.97. The van der Waals surface area contributed by atoms with Crippen LogP contribution in [-0.4, -0.2) is 24.1 Å². The van der Waals surface area contributed by atoms with Crippen LogP contribution in [0.1, 0.15) is 0 Å². The molecule has 0 saturated heterocycles. The summed E-state index contributed by atoms with van der Waals surface area (Å²) in [5.74, 6) is 1.86. The minimum atomic E-state index is 0.617. The van der Waals surface area contributed by atoms with Crippen LogP contribution < -0.4 is 0 Å². The number of hydrogen-bond acceptors (Lipinski definition) is 3. The molecule has 13 aromatic rings. The summed E-state index contributed by atoms with van der Waals surface area (Å²) in [7, 11) is 0. The fraction of sp³-hybridized carbons (Fsp3) is 0. The Morgan fingerprint density at radius 1 is 0.235 bits per heavy atom. The van der Waals surface area contributed by atoms with Crippen molar-refractivity contribution in [1.29, 1.82) is 0 Å². The van der Waals surface area contributed by atoms with Crippen molar-refractivity contribution in [1.82, 2.24) is 24.1 Å². The molecular weight excluding hydrogens is 827 g/mol. The summed E-state index contributed by atoms with van der Waals surface area (Å²) in [5, 5.41) is 4.93. The van der Waals surface area contributed by atoms with Gasteiger partial charge in [0.05, 0.1) is 27.8 Å². The van der Waals surface area contributed by atoms with Crippen LogP contribution in [0, 0.1) is 0 Å². The monoisotopic (exact) mass is 867 g/mol. The predicted octanol–water partition coefficient (Wildman–Crippen LogP) is 16.1. The summed E-state index contributed by atoms with van der Waals surface area (Å²) in [6.45, 7) is 0. The molecule has 0 aliphatic rings. The molecular formula is C63H41N5. The van der Waals surface area contributed by atoms with Crippen LogP contribution in [0.5, 0.6) is 0 Å². The Morgan fingerprint density at radius 2 is 0.618 bits per heavy atom. The number of nitrogens with zero attached hydrogens (tertiary/aromatic N) is 5. The van der Waals surface area contributed by atoms with Crippen LogP contribution in [-0.2, 0) is 0 Å². The number of para-hydroxylation sites is 4.